The standard InChI is InChI=1S/C10H12ClNO2/c1-5-6(2)9(12)7(4-8(5)11)10(13)14-3/h4H,12H2,1-3H3. The van der Waals surface area contributed by atoms with E-state index < -0.39 is 5.97 Å². The smallest absolute Gasteiger partial charge is 0.340 e. The van der Waals surface area contributed by atoms with Gasteiger partial charge in [-0.3, -0.25) is 0 Å². The van der Waals surface area contributed by atoms with Crippen LogP contribution in [0.2, 0.25) is 5.02 Å². The van der Waals surface area contributed by atoms with Gasteiger partial charge in [0.25, 0.3) is 0 Å². The predicted octanol–water partition coefficient (Wildman–Crippen LogP) is 2.33. The summed E-state index contributed by atoms with van der Waals surface area (Å²) in [6.45, 7) is 3.68. The number of esters is 1. The van der Waals surface area contributed by atoms with Gasteiger partial charge < -0.3 is 10.5 Å². The Bertz CT molecular complexity index is 388. The Kier molecular flexibility index (Phi) is 3.01. The number of carbonyl (C=O) groups excluding carboxylic acids is 1. The molecule has 0 bridgehead atoms. The van der Waals surface area contributed by atoms with Crippen molar-refractivity contribution in [2.75, 3.05) is 12.8 Å². The first kappa shape index (κ1) is 10.9. The summed E-state index contributed by atoms with van der Waals surface area (Å²) >= 11 is 5.93. The van der Waals surface area contributed by atoms with Crippen LogP contribution < -0.4 is 5.73 Å². The van der Waals surface area contributed by atoms with Gasteiger partial charge in [0.1, 0.15) is 0 Å². The molecule has 0 unspecified atom stereocenters. The molecule has 0 saturated heterocycles. The van der Waals surface area contributed by atoms with Gasteiger partial charge in [0, 0.05) is 10.7 Å². The summed E-state index contributed by atoms with van der Waals surface area (Å²) in [5.41, 5.74) is 8.22. The summed E-state index contributed by atoms with van der Waals surface area (Å²) < 4.78 is 4.59. The van der Waals surface area contributed by atoms with E-state index in [1.807, 2.05) is 13.8 Å². The number of hydrogen-bond acceptors (Lipinski definition) is 3. The highest BCUT2D eigenvalue weighted by molar-refractivity contribution is 6.32. The zero-order chi connectivity index (χ0) is 10.9. The van der Waals surface area contributed by atoms with Crippen molar-refractivity contribution < 1.29 is 9.53 Å². The lowest BCUT2D eigenvalue weighted by Crippen LogP contribution is -2.08. The molecule has 14 heavy (non-hydrogen) atoms. The average molecular weight is 214 g/mol. The lowest BCUT2D eigenvalue weighted by atomic mass is 10.0. The molecule has 1 aromatic carbocycles. The third-order valence-corrected chi connectivity index (χ3v) is 2.68. The quantitative estimate of drug-likeness (QED) is 0.576. The molecule has 0 aromatic heterocycles. The van der Waals surface area contributed by atoms with E-state index in [1.165, 1.54) is 13.2 Å². The average Bonchev–Trinajstić information content (AvgIpc) is 2.19. The molecule has 0 saturated carbocycles. The van der Waals surface area contributed by atoms with Gasteiger partial charge in [-0.15, -0.1) is 0 Å². The minimum absolute atomic E-state index is 0.320. The van der Waals surface area contributed by atoms with Crippen molar-refractivity contribution in [3.8, 4) is 0 Å². The number of carbonyl (C=O) groups is 1. The summed E-state index contributed by atoms with van der Waals surface area (Å²) in [4.78, 5) is 11.3. The largest absolute Gasteiger partial charge is 0.465 e. The maximum absolute atomic E-state index is 11.3. The highest BCUT2D eigenvalue weighted by Gasteiger charge is 2.15. The molecule has 76 valence electrons. The van der Waals surface area contributed by atoms with Crippen molar-refractivity contribution >= 4 is 23.3 Å². The molecule has 0 amide bonds. The fourth-order valence-electron chi connectivity index (χ4n) is 1.17. The first-order valence-corrected chi connectivity index (χ1v) is 4.50. The fraction of sp³-hybridized carbons (Fsp3) is 0.300. The van der Waals surface area contributed by atoms with Crippen molar-refractivity contribution in [2.24, 2.45) is 0 Å². The summed E-state index contributed by atoms with van der Waals surface area (Å²) in [7, 11) is 1.31. The number of rotatable bonds is 1. The van der Waals surface area contributed by atoms with Gasteiger partial charge in [-0.1, -0.05) is 11.6 Å². The van der Waals surface area contributed by atoms with E-state index >= 15 is 0 Å². The van der Waals surface area contributed by atoms with Crippen LogP contribution in [0, 0.1) is 13.8 Å². The van der Waals surface area contributed by atoms with E-state index in [0.717, 1.165) is 11.1 Å². The molecule has 2 N–H and O–H groups in total. The van der Waals surface area contributed by atoms with E-state index in [4.69, 9.17) is 17.3 Å². The highest BCUT2D eigenvalue weighted by atomic mass is 35.5. The lowest BCUT2D eigenvalue weighted by Gasteiger charge is -2.10. The van der Waals surface area contributed by atoms with Crippen molar-refractivity contribution in [1.82, 2.24) is 0 Å². The Morgan fingerprint density at radius 3 is 2.50 bits per heavy atom. The number of nitrogen functional groups attached to an aromatic ring is 1. The van der Waals surface area contributed by atoms with Crippen LogP contribution in [0.5, 0.6) is 0 Å². The Balaban J connectivity index is 3.40. The summed E-state index contributed by atoms with van der Waals surface area (Å²) in [6.07, 6.45) is 0. The SMILES string of the molecule is COC(=O)c1cc(Cl)c(C)c(C)c1N. The Morgan fingerprint density at radius 2 is 2.00 bits per heavy atom. The molecule has 0 spiro atoms. The number of benzene rings is 1. The van der Waals surface area contributed by atoms with Crippen molar-refractivity contribution in [3.05, 3.63) is 27.8 Å². The maximum Gasteiger partial charge on any atom is 0.340 e. The number of methoxy groups -OCH3 is 1. The zero-order valence-corrected chi connectivity index (χ0v) is 9.11. The van der Waals surface area contributed by atoms with E-state index in [9.17, 15) is 4.79 Å². The van der Waals surface area contributed by atoms with Gasteiger partial charge >= 0.3 is 5.97 Å². The second-order valence-electron chi connectivity index (χ2n) is 3.06. The predicted molar refractivity (Wildman–Crippen MR) is 56.7 cm³/mol. The first-order chi connectivity index (χ1) is 6.49. The Labute approximate surface area is 87.8 Å². The number of nitrogens with two attached hydrogens (primary N) is 1. The first-order valence-electron chi connectivity index (χ1n) is 4.12. The monoisotopic (exact) mass is 213 g/mol. The normalized spacial score (nSPS) is 10.0. The van der Waals surface area contributed by atoms with Gasteiger partial charge in [0.2, 0.25) is 0 Å². The molecule has 0 fully saturated rings. The second-order valence-corrected chi connectivity index (χ2v) is 3.47. The lowest BCUT2D eigenvalue weighted by molar-refractivity contribution is 0.0602. The molecule has 0 radical (unpaired) electrons. The van der Waals surface area contributed by atoms with Gasteiger partial charge in [-0.05, 0) is 31.0 Å². The Morgan fingerprint density at radius 1 is 1.43 bits per heavy atom. The van der Waals surface area contributed by atoms with Crippen LogP contribution in [0.15, 0.2) is 6.07 Å². The molecule has 0 aliphatic rings. The van der Waals surface area contributed by atoms with E-state index in [0.29, 0.717) is 16.3 Å². The molecular weight excluding hydrogens is 202 g/mol. The van der Waals surface area contributed by atoms with Crippen molar-refractivity contribution in [2.45, 2.75) is 13.8 Å². The number of halogens is 1. The molecule has 0 aliphatic heterocycles. The number of hydrogen-bond donors (Lipinski definition) is 1. The van der Waals surface area contributed by atoms with Crippen LogP contribution in [0.3, 0.4) is 0 Å². The van der Waals surface area contributed by atoms with Crippen LogP contribution in [-0.2, 0) is 4.74 Å². The van der Waals surface area contributed by atoms with E-state index in [-0.39, 0.29) is 0 Å². The summed E-state index contributed by atoms with van der Waals surface area (Å²) in [5, 5.41) is 0.525. The molecule has 0 heterocycles. The number of ether oxygens (including phenoxy) is 1. The molecule has 0 atom stereocenters. The van der Waals surface area contributed by atoms with Crippen LogP contribution in [0.25, 0.3) is 0 Å². The van der Waals surface area contributed by atoms with Crippen molar-refractivity contribution in [3.63, 3.8) is 0 Å². The molecule has 1 rings (SSSR count). The van der Waals surface area contributed by atoms with E-state index in [1.54, 1.807) is 0 Å². The molecule has 0 aliphatic carbocycles. The highest BCUT2D eigenvalue weighted by Crippen LogP contribution is 2.28. The fourth-order valence-corrected chi connectivity index (χ4v) is 1.43. The van der Waals surface area contributed by atoms with Crippen LogP contribution in [0.4, 0.5) is 5.69 Å². The van der Waals surface area contributed by atoms with Crippen LogP contribution in [-0.4, -0.2) is 13.1 Å². The molecule has 1 aromatic rings. The maximum atomic E-state index is 11.3. The third kappa shape index (κ3) is 1.68. The molecule has 3 nitrogen and oxygen atoms in total. The van der Waals surface area contributed by atoms with Gasteiger partial charge in [0.05, 0.1) is 12.7 Å². The van der Waals surface area contributed by atoms with E-state index in [2.05, 4.69) is 4.74 Å². The van der Waals surface area contributed by atoms with Crippen LogP contribution in [0.1, 0.15) is 21.5 Å². The molecular formula is C10H12ClNO2. The number of anilines is 1. The van der Waals surface area contributed by atoms with Crippen molar-refractivity contribution in [1.29, 1.82) is 0 Å². The third-order valence-electron chi connectivity index (χ3n) is 2.29. The second kappa shape index (κ2) is 3.88. The minimum atomic E-state index is -0.465. The van der Waals surface area contributed by atoms with Gasteiger partial charge in [-0.2, -0.15) is 0 Å². The summed E-state index contributed by atoms with van der Waals surface area (Å²) in [6, 6.07) is 1.53. The zero-order valence-electron chi connectivity index (χ0n) is 8.35. The minimum Gasteiger partial charge on any atom is -0.465 e. The van der Waals surface area contributed by atoms with Gasteiger partial charge in [0.15, 0.2) is 0 Å². The summed E-state index contributed by atoms with van der Waals surface area (Å²) in [5.74, 6) is -0.465. The van der Waals surface area contributed by atoms with Gasteiger partial charge in [-0.25, -0.2) is 4.79 Å². The topological polar surface area (TPSA) is 52.3 Å². The van der Waals surface area contributed by atoms with Crippen LogP contribution >= 0.6 is 11.6 Å². The Hall–Kier alpha value is -1.22. The molecule has 4 heteroatoms.